The van der Waals surface area contributed by atoms with Crippen LogP contribution in [0, 0.1) is 0 Å². The monoisotopic (exact) mass is 555 g/mol. The van der Waals surface area contributed by atoms with Crippen LogP contribution in [0.1, 0.15) is 46.8 Å². The van der Waals surface area contributed by atoms with Crippen LogP contribution in [0.2, 0.25) is 0 Å². The van der Waals surface area contributed by atoms with Crippen molar-refractivity contribution in [3.63, 3.8) is 0 Å². The van der Waals surface area contributed by atoms with E-state index in [2.05, 4.69) is 42.1 Å². The maximum Gasteiger partial charge on any atom is 0.353 e. The number of nitrogens with one attached hydrogen (secondary N) is 1. The van der Waals surface area contributed by atoms with Crippen LogP contribution in [0.25, 0.3) is 0 Å². The molecule has 1 saturated heterocycles. The highest BCUT2D eigenvalue weighted by Gasteiger charge is 2.27. The summed E-state index contributed by atoms with van der Waals surface area (Å²) in [4.78, 5) is 34.2. The van der Waals surface area contributed by atoms with Crippen LogP contribution in [0.5, 0.6) is 0 Å². The molecule has 0 radical (unpaired) electrons. The van der Waals surface area contributed by atoms with E-state index < -0.39 is 33.4 Å². The number of methoxy groups -OCH3 is 1. The van der Waals surface area contributed by atoms with Crippen LogP contribution in [0.3, 0.4) is 0 Å². The number of aliphatic hydroxyl groups excluding tert-OH is 1. The van der Waals surface area contributed by atoms with Crippen LogP contribution in [0.4, 0.5) is 0 Å². The summed E-state index contributed by atoms with van der Waals surface area (Å²) in [5, 5.41) is 7.94. The van der Waals surface area contributed by atoms with Crippen molar-refractivity contribution >= 4 is 15.9 Å². The van der Waals surface area contributed by atoms with Gasteiger partial charge in [0.25, 0.3) is 5.56 Å². The number of aliphatic hydroxyl groups is 1. The molecule has 14 heteroatoms. The average Bonchev–Trinajstić information content (AvgIpc) is 3.27. The Balaban J connectivity index is 0.000000680. The minimum Gasteiger partial charge on any atom is -0.394 e. The van der Waals surface area contributed by atoms with Gasteiger partial charge in [-0.3, -0.25) is 23.6 Å². The maximum atomic E-state index is 11.9. The molecule has 2 heterocycles. The number of hydrogen-bond donors (Lipinski definition) is 3. The van der Waals surface area contributed by atoms with Gasteiger partial charge in [-0.1, -0.05) is 0 Å². The van der Waals surface area contributed by atoms with Gasteiger partial charge in [-0.15, -0.1) is 0 Å². The average molecular weight is 556 g/mol. The van der Waals surface area contributed by atoms with E-state index in [1.54, 1.807) is 13.2 Å². The molecule has 1 aliphatic rings. The molecule has 0 bridgehead atoms. The molecule has 1 aromatic rings. The summed E-state index contributed by atoms with van der Waals surface area (Å²) in [7, 11) is 0.0212. The minimum absolute atomic E-state index is 0.122. The Hall–Kier alpha value is -1.20. The van der Waals surface area contributed by atoms with Crippen molar-refractivity contribution in [2.24, 2.45) is 0 Å². The molecular weight excluding hydrogens is 512 g/mol. The number of aromatic amines is 1. The third-order valence-corrected chi connectivity index (χ3v) is 8.02. The molecule has 1 aliphatic heterocycles. The van der Waals surface area contributed by atoms with Gasteiger partial charge >= 0.3 is 13.3 Å². The molecular formula is C22H43N3O9P2. The Morgan fingerprint density at radius 1 is 1.22 bits per heavy atom. The summed E-state index contributed by atoms with van der Waals surface area (Å²) >= 11 is 0. The highest BCUT2D eigenvalue weighted by atomic mass is 31.2. The molecule has 1 fully saturated rings. The lowest BCUT2D eigenvalue weighted by atomic mass is 10.2. The van der Waals surface area contributed by atoms with E-state index in [-0.39, 0.29) is 12.7 Å². The smallest absolute Gasteiger partial charge is 0.353 e. The molecule has 1 aromatic heterocycles. The quantitative estimate of drug-likeness (QED) is 0.368. The van der Waals surface area contributed by atoms with E-state index in [4.69, 9.17) is 18.9 Å². The predicted molar refractivity (Wildman–Crippen MR) is 141 cm³/mol. The van der Waals surface area contributed by atoms with Crippen LogP contribution in [-0.2, 0) is 23.1 Å². The van der Waals surface area contributed by atoms with E-state index in [0.717, 1.165) is 0 Å². The van der Waals surface area contributed by atoms with Crippen LogP contribution >= 0.6 is 15.9 Å². The van der Waals surface area contributed by atoms with E-state index in [9.17, 15) is 19.0 Å². The summed E-state index contributed by atoms with van der Waals surface area (Å²) < 4.78 is 35.0. The molecule has 0 saturated carbocycles. The molecule has 0 spiro atoms. The molecule has 0 amide bonds. The molecule has 3 atom stereocenters. The van der Waals surface area contributed by atoms with Gasteiger partial charge in [0.15, 0.2) is 0 Å². The Morgan fingerprint density at radius 2 is 1.81 bits per heavy atom. The Labute approximate surface area is 214 Å². The number of aromatic nitrogens is 2. The number of hydrogen-bond acceptors (Lipinski definition) is 10. The summed E-state index contributed by atoms with van der Waals surface area (Å²) in [6.45, 7) is 10.9. The van der Waals surface area contributed by atoms with E-state index in [0.29, 0.717) is 31.5 Å². The molecule has 210 valence electrons. The standard InChI is InChI=1S/C12H17N2O6P.C7H18NOP.C3H8O2/c1-18-21(17,19-2)8-6-9-3-4-11(20-9)14-7-5-10(15)13-12(14)16;1-6(2)8(7(3)4)10(5)9;1-5-3-2-4/h5-9,11H,3-4H2,1-2H3,(H,13,15,16);6-7,9H,1-5H3;4H,2-3H2,1H3/b8-6+;;. The van der Waals surface area contributed by atoms with Crippen LogP contribution in [0.15, 0.2) is 33.7 Å². The molecule has 2 rings (SSSR count). The Kier molecular flexibility index (Phi) is 17.5. The lowest BCUT2D eigenvalue weighted by Crippen LogP contribution is -2.31. The SMILES string of the molecule is CC(C)N(C(C)C)P(C)O.COCCO.COP(=O)(/C=C/C1CCC(n2ccc(=O)[nH]c2=O)O1)OC. The van der Waals surface area contributed by atoms with Crippen molar-refractivity contribution in [3.8, 4) is 0 Å². The number of rotatable bonds is 10. The predicted octanol–water partition coefficient (Wildman–Crippen LogP) is 2.88. The first-order valence-electron chi connectivity index (χ1n) is 11.5. The molecule has 3 unspecified atom stereocenters. The van der Waals surface area contributed by atoms with Crippen molar-refractivity contribution in [3.05, 3.63) is 45.0 Å². The molecule has 3 N–H and O–H groups in total. The van der Waals surface area contributed by atoms with Crippen molar-refractivity contribution in [2.75, 3.05) is 41.2 Å². The Morgan fingerprint density at radius 3 is 2.17 bits per heavy atom. The summed E-state index contributed by atoms with van der Waals surface area (Å²) in [6, 6.07) is 2.15. The summed E-state index contributed by atoms with van der Waals surface area (Å²) in [6.07, 6.45) is 3.49. The minimum atomic E-state index is -3.22. The molecule has 12 nitrogen and oxygen atoms in total. The first kappa shape index (κ1) is 34.8. The van der Waals surface area contributed by atoms with Gasteiger partial charge in [0, 0.05) is 51.5 Å². The van der Waals surface area contributed by atoms with Crippen molar-refractivity contribution in [1.82, 2.24) is 14.2 Å². The fourth-order valence-electron chi connectivity index (χ4n) is 3.40. The number of H-pyrrole nitrogens is 1. The topological polar surface area (TPSA) is 153 Å². The maximum absolute atomic E-state index is 11.9. The molecule has 0 aromatic carbocycles. The van der Waals surface area contributed by atoms with Gasteiger partial charge < -0.3 is 28.5 Å². The second kappa shape index (κ2) is 18.1. The number of nitrogens with zero attached hydrogens (tertiary/aromatic N) is 2. The van der Waals surface area contributed by atoms with Gasteiger partial charge in [0.05, 0.1) is 27.6 Å². The highest BCUT2D eigenvalue weighted by molar-refractivity contribution is 7.57. The third-order valence-electron chi connectivity index (χ3n) is 4.87. The molecule has 0 aliphatic carbocycles. The second-order valence-corrected chi connectivity index (χ2v) is 11.8. The van der Waals surface area contributed by atoms with Gasteiger partial charge in [0.1, 0.15) is 6.23 Å². The van der Waals surface area contributed by atoms with Crippen LogP contribution < -0.4 is 11.2 Å². The summed E-state index contributed by atoms with van der Waals surface area (Å²) in [5.74, 6) is 1.34. The summed E-state index contributed by atoms with van der Waals surface area (Å²) in [5.41, 5.74) is -0.969. The van der Waals surface area contributed by atoms with E-state index in [1.807, 2.05) is 6.66 Å². The second-order valence-electron chi connectivity index (χ2n) is 8.24. The zero-order valence-electron chi connectivity index (χ0n) is 22.5. The normalized spacial score (nSPS) is 18.8. The molecule has 36 heavy (non-hydrogen) atoms. The third kappa shape index (κ3) is 12.9. The van der Waals surface area contributed by atoms with Crippen LogP contribution in [-0.4, -0.2) is 83.6 Å². The van der Waals surface area contributed by atoms with Gasteiger partial charge in [-0.05, 0) is 53.3 Å². The highest BCUT2D eigenvalue weighted by Crippen LogP contribution is 2.48. The fraction of sp³-hybridized carbons (Fsp3) is 0.727. The zero-order chi connectivity index (χ0) is 27.9. The number of ether oxygens (including phenoxy) is 2. The van der Waals surface area contributed by atoms with E-state index >= 15 is 0 Å². The Bertz CT molecular complexity index is 889. The van der Waals surface area contributed by atoms with E-state index in [1.165, 1.54) is 36.9 Å². The lowest BCUT2D eigenvalue weighted by molar-refractivity contribution is 0.0203. The first-order valence-corrected chi connectivity index (χ1v) is 14.8. The van der Waals surface area contributed by atoms with Gasteiger partial charge in [-0.2, -0.15) is 0 Å². The van der Waals surface area contributed by atoms with Crippen molar-refractivity contribution < 1.29 is 33.1 Å². The van der Waals surface area contributed by atoms with Crippen molar-refractivity contribution in [1.29, 1.82) is 0 Å². The largest absolute Gasteiger partial charge is 0.394 e. The fourth-order valence-corrected chi connectivity index (χ4v) is 5.53. The first-order chi connectivity index (χ1) is 16.8. The van der Waals surface area contributed by atoms with Gasteiger partial charge in [0.2, 0.25) is 0 Å². The van der Waals surface area contributed by atoms with Crippen molar-refractivity contribution in [2.45, 2.75) is 65.0 Å². The van der Waals surface area contributed by atoms with Gasteiger partial charge in [-0.25, -0.2) is 4.79 Å². The zero-order valence-corrected chi connectivity index (χ0v) is 24.3. The lowest BCUT2D eigenvalue weighted by Gasteiger charge is -2.32.